The number of carbonyl (C=O) groups is 2. The number of nitrogens with one attached hydrogen (secondary N) is 1. The highest BCUT2D eigenvalue weighted by Gasteiger charge is 2.15. The molecular weight excluding hydrogens is 453 g/mol. The monoisotopic (exact) mass is 475 g/mol. The fraction of sp³-hybridized carbons (Fsp3) is 0.130. The van der Waals surface area contributed by atoms with Crippen molar-refractivity contribution in [3.63, 3.8) is 0 Å². The van der Waals surface area contributed by atoms with Crippen LogP contribution in [-0.2, 0) is 16.1 Å². The fourth-order valence-corrected chi connectivity index (χ4v) is 5.04. The van der Waals surface area contributed by atoms with Gasteiger partial charge < -0.3 is 20.3 Å². The molecular formula is C23H22FNO5S2. The fourth-order valence-electron chi connectivity index (χ4n) is 2.54. The van der Waals surface area contributed by atoms with Crippen LogP contribution in [0.15, 0.2) is 75.9 Å². The molecule has 6 nitrogen and oxygen atoms in total. The summed E-state index contributed by atoms with van der Waals surface area (Å²) in [6.07, 6.45) is 1.12. The van der Waals surface area contributed by atoms with Crippen LogP contribution in [0.5, 0.6) is 5.75 Å². The summed E-state index contributed by atoms with van der Waals surface area (Å²) in [7, 11) is 3.57. The number of hydrogen-bond acceptors (Lipinski definition) is 6. The number of methoxy groups -OCH3 is 1. The lowest BCUT2D eigenvalue weighted by Crippen LogP contribution is -2.02. The predicted molar refractivity (Wildman–Crippen MR) is 124 cm³/mol. The molecule has 0 saturated heterocycles. The van der Waals surface area contributed by atoms with E-state index in [0.29, 0.717) is 17.7 Å². The van der Waals surface area contributed by atoms with E-state index < -0.39 is 11.9 Å². The quantitative estimate of drug-likeness (QED) is 0.388. The highest BCUT2D eigenvalue weighted by molar-refractivity contribution is 8.01. The van der Waals surface area contributed by atoms with E-state index in [2.05, 4.69) is 11.4 Å². The maximum Gasteiger partial charge on any atom is 0.328 e. The maximum atomic E-state index is 14.3. The Morgan fingerprint density at radius 2 is 1.75 bits per heavy atom. The second-order valence-electron chi connectivity index (χ2n) is 6.21. The molecule has 0 spiro atoms. The van der Waals surface area contributed by atoms with E-state index in [1.807, 2.05) is 43.4 Å². The Labute approximate surface area is 193 Å². The highest BCUT2D eigenvalue weighted by atomic mass is 32.2. The van der Waals surface area contributed by atoms with Gasteiger partial charge in [-0.05, 0) is 37.4 Å². The number of benzene rings is 2. The van der Waals surface area contributed by atoms with Crippen molar-refractivity contribution in [2.45, 2.75) is 15.6 Å². The van der Waals surface area contributed by atoms with Crippen LogP contribution in [-0.4, -0.2) is 36.3 Å². The molecule has 3 N–H and O–H groups in total. The van der Waals surface area contributed by atoms with E-state index in [1.165, 1.54) is 10.9 Å². The normalized spacial score (nSPS) is 10.5. The molecule has 0 bridgehead atoms. The van der Waals surface area contributed by atoms with Gasteiger partial charge in [0.15, 0.2) is 0 Å². The molecule has 168 valence electrons. The number of halogens is 1. The first kappa shape index (κ1) is 25.1. The Morgan fingerprint density at radius 1 is 1.06 bits per heavy atom. The smallest absolute Gasteiger partial charge is 0.328 e. The van der Waals surface area contributed by atoms with Gasteiger partial charge in [-0.2, -0.15) is 0 Å². The topological polar surface area (TPSA) is 95.9 Å². The van der Waals surface area contributed by atoms with Crippen LogP contribution < -0.4 is 10.1 Å². The van der Waals surface area contributed by atoms with Crippen molar-refractivity contribution in [1.82, 2.24) is 5.32 Å². The summed E-state index contributed by atoms with van der Waals surface area (Å²) in [4.78, 5) is 21.4. The lowest BCUT2D eigenvalue weighted by molar-refractivity contribution is -0.134. The van der Waals surface area contributed by atoms with E-state index in [1.54, 1.807) is 36.3 Å². The molecule has 0 aliphatic rings. The van der Waals surface area contributed by atoms with E-state index in [-0.39, 0.29) is 5.82 Å². The molecule has 0 atom stereocenters. The first-order valence-corrected chi connectivity index (χ1v) is 11.0. The van der Waals surface area contributed by atoms with Crippen molar-refractivity contribution in [2.75, 3.05) is 14.2 Å². The Hall–Kier alpha value is -3.14. The van der Waals surface area contributed by atoms with Crippen LogP contribution in [0.2, 0.25) is 0 Å². The van der Waals surface area contributed by atoms with Gasteiger partial charge in [-0.15, -0.1) is 11.3 Å². The molecule has 0 unspecified atom stereocenters. The third-order valence-electron chi connectivity index (χ3n) is 3.88. The highest BCUT2D eigenvalue weighted by Crippen LogP contribution is 2.43. The molecule has 9 heteroatoms. The summed E-state index contributed by atoms with van der Waals surface area (Å²) >= 11 is 3.33. The summed E-state index contributed by atoms with van der Waals surface area (Å²) in [6.45, 7) is 0.769. The van der Waals surface area contributed by atoms with Crippen molar-refractivity contribution in [3.8, 4) is 16.9 Å². The maximum absolute atomic E-state index is 14.3. The molecule has 0 radical (unpaired) electrons. The Morgan fingerprint density at radius 3 is 2.34 bits per heavy atom. The second kappa shape index (κ2) is 12.7. The lowest BCUT2D eigenvalue weighted by Gasteiger charge is -2.06. The number of ether oxygens (including phenoxy) is 1. The standard InChI is InChI=1S/C19H18FNOS2.C4H4O4/c1-21-12-15-11-17(16-8-3-4-9-18(16)20)19(24-15)23-14-7-5-6-13(10-14)22-2;5-3(6)1-2-4(7)8/h3-11,21H,12H2,1-2H3;1-2H,(H,5,6)(H,7,8)/b;2-1+. The van der Waals surface area contributed by atoms with E-state index in [0.717, 1.165) is 27.0 Å². The van der Waals surface area contributed by atoms with Gasteiger partial charge in [-0.25, -0.2) is 14.0 Å². The van der Waals surface area contributed by atoms with Gasteiger partial charge >= 0.3 is 11.9 Å². The van der Waals surface area contributed by atoms with Crippen molar-refractivity contribution >= 4 is 35.0 Å². The van der Waals surface area contributed by atoms with Crippen molar-refractivity contribution < 1.29 is 28.9 Å². The first-order chi connectivity index (χ1) is 15.3. The van der Waals surface area contributed by atoms with Gasteiger partial charge in [0.1, 0.15) is 11.6 Å². The summed E-state index contributed by atoms with van der Waals surface area (Å²) in [5.74, 6) is -1.89. The molecule has 0 saturated carbocycles. The van der Waals surface area contributed by atoms with Crippen LogP contribution in [0.25, 0.3) is 11.1 Å². The molecule has 0 fully saturated rings. The van der Waals surface area contributed by atoms with Crippen LogP contribution in [0.3, 0.4) is 0 Å². The van der Waals surface area contributed by atoms with Gasteiger partial charge in [-0.3, -0.25) is 0 Å². The summed E-state index contributed by atoms with van der Waals surface area (Å²) in [5.41, 5.74) is 1.58. The zero-order valence-corrected chi connectivity index (χ0v) is 19.0. The molecule has 1 aromatic heterocycles. The SMILES string of the molecule is CNCc1cc(-c2ccccc2F)c(Sc2cccc(OC)c2)s1.O=C(O)/C=C/C(=O)O. The number of rotatable bonds is 8. The van der Waals surface area contributed by atoms with Crippen LogP contribution in [0, 0.1) is 5.82 Å². The first-order valence-electron chi connectivity index (χ1n) is 9.32. The van der Waals surface area contributed by atoms with Gasteiger partial charge in [0, 0.05) is 39.6 Å². The van der Waals surface area contributed by atoms with Gasteiger partial charge in [0.2, 0.25) is 0 Å². The van der Waals surface area contributed by atoms with E-state index in [4.69, 9.17) is 14.9 Å². The summed E-state index contributed by atoms with van der Waals surface area (Å²) < 4.78 is 20.6. The summed E-state index contributed by atoms with van der Waals surface area (Å²) in [6, 6.07) is 16.9. The average Bonchev–Trinajstić information content (AvgIpc) is 3.15. The van der Waals surface area contributed by atoms with Crippen LogP contribution >= 0.6 is 23.1 Å². The molecule has 3 rings (SSSR count). The zero-order chi connectivity index (χ0) is 23.5. The van der Waals surface area contributed by atoms with E-state index >= 15 is 0 Å². The van der Waals surface area contributed by atoms with Crippen LogP contribution in [0.1, 0.15) is 4.88 Å². The van der Waals surface area contributed by atoms with Crippen LogP contribution in [0.4, 0.5) is 4.39 Å². The van der Waals surface area contributed by atoms with Crippen molar-refractivity contribution in [2.24, 2.45) is 0 Å². The molecule has 1 heterocycles. The largest absolute Gasteiger partial charge is 0.497 e. The zero-order valence-electron chi connectivity index (χ0n) is 17.4. The van der Waals surface area contributed by atoms with Gasteiger partial charge in [0.25, 0.3) is 0 Å². The Kier molecular flexibility index (Phi) is 9.93. The molecule has 0 amide bonds. The Balaban J connectivity index is 0.000000390. The predicted octanol–water partition coefficient (Wildman–Crippen LogP) is 5.15. The third-order valence-corrected chi connectivity index (χ3v) is 6.21. The number of thiophene rings is 1. The number of hydrogen-bond donors (Lipinski definition) is 3. The molecule has 2 aromatic carbocycles. The molecule has 3 aromatic rings. The average molecular weight is 476 g/mol. The minimum absolute atomic E-state index is 0.196. The Bertz CT molecular complexity index is 1080. The number of carboxylic acid groups (broad SMARTS) is 2. The third kappa shape index (κ3) is 7.84. The van der Waals surface area contributed by atoms with Crippen molar-refractivity contribution in [1.29, 1.82) is 0 Å². The molecule has 0 aliphatic heterocycles. The molecule has 0 aliphatic carbocycles. The minimum Gasteiger partial charge on any atom is -0.497 e. The summed E-state index contributed by atoms with van der Waals surface area (Å²) in [5, 5.41) is 18.8. The van der Waals surface area contributed by atoms with Gasteiger partial charge in [0.05, 0.1) is 11.3 Å². The second-order valence-corrected chi connectivity index (χ2v) is 8.69. The minimum atomic E-state index is -1.26. The van der Waals surface area contributed by atoms with Gasteiger partial charge in [-0.1, -0.05) is 36.0 Å². The number of aliphatic carboxylic acids is 2. The lowest BCUT2D eigenvalue weighted by atomic mass is 10.1. The van der Waals surface area contributed by atoms with Crippen molar-refractivity contribution in [3.05, 3.63) is 77.4 Å². The van der Waals surface area contributed by atoms with E-state index in [9.17, 15) is 14.0 Å². The molecule has 32 heavy (non-hydrogen) atoms. The number of carboxylic acids is 2.